The van der Waals surface area contributed by atoms with Crippen molar-refractivity contribution >= 4 is 11.9 Å². The molecule has 0 bridgehead atoms. The maximum absolute atomic E-state index is 10.2. The number of hydrogen-bond acceptors (Lipinski definition) is 3. The van der Waals surface area contributed by atoms with Crippen LogP contribution in [0.4, 0.5) is 0 Å². The van der Waals surface area contributed by atoms with Gasteiger partial charge in [-0.1, -0.05) is 45.4 Å². The Kier molecular flexibility index (Phi) is 11.5. The van der Waals surface area contributed by atoms with E-state index in [2.05, 4.69) is 6.92 Å². The van der Waals surface area contributed by atoms with Gasteiger partial charge in [-0.05, 0) is 30.7 Å². The molecule has 0 amide bonds. The number of rotatable bonds is 9. The van der Waals surface area contributed by atoms with Crippen molar-refractivity contribution in [1.29, 1.82) is 0 Å². The fourth-order valence-corrected chi connectivity index (χ4v) is 1.84. The fraction of sp³-hybridized carbons (Fsp3) is 0.529. The number of phenols is 1. The molecule has 3 N–H and O–H groups in total. The van der Waals surface area contributed by atoms with Crippen LogP contribution in [-0.4, -0.2) is 27.3 Å². The van der Waals surface area contributed by atoms with Gasteiger partial charge in [0.05, 0.1) is 5.56 Å². The normalized spacial score (nSPS) is 9.68. The number of phenolic OH excluding ortho intramolecular Hbond substituents is 1. The Morgan fingerprint density at radius 3 is 1.82 bits per heavy atom. The van der Waals surface area contributed by atoms with Crippen molar-refractivity contribution in [3.05, 3.63) is 29.8 Å². The van der Waals surface area contributed by atoms with Gasteiger partial charge in [-0.15, -0.1) is 0 Å². The highest BCUT2D eigenvalue weighted by Crippen LogP contribution is 2.09. The van der Waals surface area contributed by atoms with E-state index in [1.54, 1.807) is 0 Å². The van der Waals surface area contributed by atoms with Crippen LogP contribution in [0.3, 0.4) is 0 Å². The van der Waals surface area contributed by atoms with Crippen LogP contribution in [0.25, 0.3) is 0 Å². The van der Waals surface area contributed by atoms with E-state index in [0.29, 0.717) is 6.42 Å². The summed E-state index contributed by atoms with van der Waals surface area (Å²) in [5.74, 6) is -1.58. The minimum absolute atomic E-state index is 0.0741. The molecule has 5 heteroatoms. The van der Waals surface area contributed by atoms with Gasteiger partial charge in [-0.25, -0.2) is 4.79 Å². The van der Waals surface area contributed by atoms with Gasteiger partial charge in [0.1, 0.15) is 5.75 Å². The topological polar surface area (TPSA) is 94.8 Å². The lowest BCUT2D eigenvalue weighted by molar-refractivity contribution is -0.137. The first kappa shape index (κ1) is 20.0. The smallest absolute Gasteiger partial charge is 0.335 e. The summed E-state index contributed by atoms with van der Waals surface area (Å²) in [5, 5.41) is 25.5. The van der Waals surface area contributed by atoms with Crippen LogP contribution in [0.1, 0.15) is 68.6 Å². The summed E-state index contributed by atoms with van der Waals surface area (Å²) < 4.78 is 0. The highest BCUT2D eigenvalue weighted by atomic mass is 16.4. The molecule has 1 rings (SSSR count). The van der Waals surface area contributed by atoms with Crippen LogP contribution in [-0.2, 0) is 4.79 Å². The second-order valence-electron chi connectivity index (χ2n) is 5.12. The van der Waals surface area contributed by atoms with E-state index in [4.69, 9.17) is 15.3 Å². The third-order valence-electron chi connectivity index (χ3n) is 3.11. The zero-order chi connectivity index (χ0) is 16.8. The molecule has 0 heterocycles. The predicted molar refractivity (Wildman–Crippen MR) is 85.3 cm³/mol. The summed E-state index contributed by atoms with van der Waals surface area (Å²) in [6.45, 7) is 2.20. The van der Waals surface area contributed by atoms with Crippen LogP contribution in [0.15, 0.2) is 24.3 Å². The maximum Gasteiger partial charge on any atom is 0.335 e. The first-order valence-electron chi connectivity index (χ1n) is 7.71. The highest BCUT2D eigenvalue weighted by Gasteiger charge is 1.99. The van der Waals surface area contributed by atoms with E-state index in [-0.39, 0.29) is 11.3 Å². The summed E-state index contributed by atoms with van der Waals surface area (Å²) in [5.41, 5.74) is 0.179. The van der Waals surface area contributed by atoms with Crippen molar-refractivity contribution in [2.75, 3.05) is 0 Å². The monoisotopic (exact) mass is 310 g/mol. The van der Waals surface area contributed by atoms with Gasteiger partial charge >= 0.3 is 11.9 Å². The summed E-state index contributed by atoms with van der Waals surface area (Å²) in [4.78, 5) is 20.4. The molecular weight excluding hydrogens is 284 g/mol. The molecule has 0 aliphatic rings. The van der Waals surface area contributed by atoms with Gasteiger partial charge in [0.2, 0.25) is 0 Å². The summed E-state index contributed by atoms with van der Waals surface area (Å²) in [6.07, 6.45) is 8.64. The molecule has 124 valence electrons. The van der Waals surface area contributed by atoms with Crippen molar-refractivity contribution in [3.63, 3.8) is 0 Å². The minimum atomic E-state index is -0.986. The van der Waals surface area contributed by atoms with Crippen molar-refractivity contribution in [2.24, 2.45) is 0 Å². The molecule has 0 spiro atoms. The Hall–Kier alpha value is -2.04. The van der Waals surface area contributed by atoms with Crippen molar-refractivity contribution < 1.29 is 24.9 Å². The standard InChI is InChI=1S/C10H20O2.C7H6O3/c1-2-3-4-5-6-7-8-9-10(11)12;8-6-3-1-5(2-4-6)7(9)10/h2-9H2,1H3,(H,11,12);1-4,8H,(H,9,10). The maximum atomic E-state index is 10.2. The van der Waals surface area contributed by atoms with E-state index in [1.165, 1.54) is 56.4 Å². The molecule has 0 saturated heterocycles. The number of carbonyl (C=O) groups is 2. The number of carboxylic acid groups (broad SMARTS) is 2. The SMILES string of the molecule is CCCCCCCCCC(=O)O.O=C(O)c1ccc(O)cc1. The zero-order valence-corrected chi connectivity index (χ0v) is 13.1. The summed E-state index contributed by atoms with van der Waals surface area (Å²) >= 11 is 0. The highest BCUT2D eigenvalue weighted by molar-refractivity contribution is 5.87. The van der Waals surface area contributed by atoms with Crippen molar-refractivity contribution in [2.45, 2.75) is 58.3 Å². The summed E-state index contributed by atoms with van der Waals surface area (Å²) in [7, 11) is 0. The summed E-state index contributed by atoms with van der Waals surface area (Å²) in [6, 6.07) is 5.36. The van der Waals surface area contributed by atoms with Gasteiger partial charge in [-0.3, -0.25) is 4.79 Å². The Labute approximate surface area is 131 Å². The van der Waals surface area contributed by atoms with Crippen molar-refractivity contribution in [1.82, 2.24) is 0 Å². The van der Waals surface area contributed by atoms with Crippen LogP contribution in [0, 0.1) is 0 Å². The van der Waals surface area contributed by atoms with Gasteiger partial charge in [0.15, 0.2) is 0 Å². The van der Waals surface area contributed by atoms with E-state index < -0.39 is 11.9 Å². The van der Waals surface area contributed by atoms with Gasteiger partial charge in [-0.2, -0.15) is 0 Å². The molecule has 0 aliphatic heterocycles. The van der Waals surface area contributed by atoms with Crippen LogP contribution >= 0.6 is 0 Å². The first-order valence-corrected chi connectivity index (χ1v) is 7.71. The molecule has 0 atom stereocenters. The molecule has 22 heavy (non-hydrogen) atoms. The van der Waals surface area contributed by atoms with E-state index in [0.717, 1.165) is 12.8 Å². The van der Waals surface area contributed by atoms with Gasteiger partial charge in [0, 0.05) is 6.42 Å². The largest absolute Gasteiger partial charge is 0.508 e. The number of aromatic hydroxyl groups is 1. The minimum Gasteiger partial charge on any atom is -0.508 e. The molecular formula is C17H26O5. The number of unbranched alkanes of at least 4 members (excludes halogenated alkanes) is 6. The van der Waals surface area contributed by atoms with Gasteiger partial charge < -0.3 is 15.3 Å². The third-order valence-corrected chi connectivity index (χ3v) is 3.11. The molecule has 0 aromatic heterocycles. The Balaban J connectivity index is 0.000000406. The Morgan fingerprint density at radius 1 is 0.864 bits per heavy atom. The van der Waals surface area contributed by atoms with E-state index in [9.17, 15) is 9.59 Å². The second-order valence-corrected chi connectivity index (χ2v) is 5.12. The van der Waals surface area contributed by atoms with E-state index in [1.807, 2.05) is 0 Å². The lowest BCUT2D eigenvalue weighted by Crippen LogP contribution is -1.93. The number of benzene rings is 1. The third kappa shape index (κ3) is 11.8. The number of carboxylic acids is 2. The van der Waals surface area contributed by atoms with Gasteiger partial charge in [0.25, 0.3) is 0 Å². The van der Waals surface area contributed by atoms with Crippen LogP contribution < -0.4 is 0 Å². The quantitative estimate of drug-likeness (QED) is 0.591. The fourth-order valence-electron chi connectivity index (χ4n) is 1.84. The zero-order valence-electron chi connectivity index (χ0n) is 13.1. The first-order chi connectivity index (χ1) is 10.5. The van der Waals surface area contributed by atoms with E-state index >= 15 is 0 Å². The molecule has 0 aliphatic carbocycles. The second kappa shape index (κ2) is 12.7. The molecule has 0 unspecified atom stereocenters. The Morgan fingerprint density at radius 2 is 1.36 bits per heavy atom. The molecule has 0 saturated carbocycles. The molecule has 1 aromatic rings. The van der Waals surface area contributed by atoms with Crippen molar-refractivity contribution in [3.8, 4) is 5.75 Å². The lowest BCUT2D eigenvalue weighted by atomic mass is 10.1. The molecule has 0 radical (unpaired) electrons. The molecule has 0 fully saturated rings. The number of aromatic carboxylic acids is 1. The number of hydrogen-bond donors (Lipinski definition) is 3. The average molecular weight is 310 g/mol. The molecule has 5 nitrogen and oxygen atoms in total. The van der Waals surface area contributed by atoms with Crippen LogP contribution in [0.5, 0.6) is 5.75 Å². The Bertz CT molecular complexity index is 425. The van der Waals surface area contributed by atoms with Crippen LogP contribution in [0.2, 0.25) is 0 Å². The predicted octanol–water partition coefficient (Wildman–Crippen LogP) is 4.30. The molecule has 1 aromatic carbocycles. The average Bonchev–Trinajstić information content (AvgIpc) is 2.47. The lowest BCUT2D eigenvalue weighted by Gasteiger charge is -1.98. The number of aliphatic carboxylic acids is 1.